The number of carbonyl (C=O) groups is 1. The van der Waals surface area contributed by atoms with E-state index in [-0.39, 0.29) is 44.6 Å². The summed E-state index contributed by atoms with van der Waals surface area (Å²) in [7, 11) is 0. The van der Waals surface area contributed by atoms with E-state index in [9.17, 15) is 18.0 Å². The van der Waals surface area contributed by atoms with E-state index < -0.39 is 29.2 Å². The summed E-state index contributed by atoms with van der Waals surface area (Å²) >= 11 is 8.36. The minimum absolute atomic E-state index is 0.0236. The number of nitrogens with zero attached hydrogens (tertiary/aromatic N) is 6. The number of carbonyl (C=O) groups excluding carboxylic acids is 1. The third-order valence-electron chi connectivity index (χ3n) is 10.7. The number of fused-ring (bicyclic) bond motifs is 1. The number of halogens is 4. The Bertz CT molecular complexity index is 2280. The molecule has 0 saturated carbocycles. The van der Waals surface area contributed by atoms with Crippen LogP contribution in [0.25, 0.3) is 11.0 Å². The zero-order valence-electron chi connectivity index (χ0n) is 39.9. The van der Waals surface area contributed by atoms with Gasteiger partial charge in [-0.2, -0.15) is 16.9 Å². The van der Waals surface area contributed by atoms with Crippen molar-refractivity contribution in [1.29, 1.82) is 0 Å². The lowest BCUT2D eigenvalue weighted by atomic mass is 10.1. The zero-order chi connectivity index (χ0) is 49.9. The lowest BCUT2D eigenvalue weighted by Gasteiger charge is -2.21. The van der Waals surface area contributed by atoms with Crippen LogP contribution in [-0.4, -0.2) is 152 Å². The van der Waals surface area contributed by atoms with Crippen LogP contribution in [0.4, 0.5) is 18.9 Å². The number of nitrogens with one attached hydrogen (secondary N) is 1. The topological polar surface area (TPSA) is 183 Å². The van der Waals surface area contributed by atoms with E-state index in [0.29, 0.717) is 121 Å². The van der Waals surface area contributed by atoms with Gasteiger partial charge in [0, 0.05) is 23.6 Å². The van der Waals surface area contributed by atoms with Crippen LogP contribution in [0.5, 0.6) is 5.75 Å². The molecule has 0 bridgehead atoms. The molecule has 0 spiro atoms. The Kier molecular flexibility index (Phi) is 25.1. The summed E-state index contributed by atoms with van der Waals surface area (Å²) in [6.07, 6.45) is 6.37. The molecule has 2 aromatic carbocycles. The lowest BCUT2D eigenvalue weighted by Crippen LogP contribution is -2.15. The van der Waals surface area contributed by atoms with Crippen molar-refractivity contribution in [3.63, 3.8) is 0 Å². The number of ether oxygens (including phenoxy) is 10. The third kappa shape index (κ3) is 19.8. The van der Waals surface area contributed by atoms with E-state index in [0.717, 1.165) is 41.8 Å². The Morgan fingerprint density at radius 2 is 1.44 bits per heavy atom. The van der Waals surface area contributed by atoms with Crippen LogP contribution in [0, 0.1) is 17.5 Å². The smallest absolute Gasteiger partial charge is 0.313 e. The number of hydrogen-bond donors (Lipinski definition) is 1. The summed E-state index contributed by atoms with van der Waals surface area (Å²) in [5, 5.41) is 17.9. The van der Waals surface area contributed by atoms with Crippen molar-refractivity contribution in [2.24, 2.45) is 0 Å². The molecule has 71 heavy (non-hydrogen) atoms. The molecule has 0 aliphatic carbocycles. The molecule has 1 saturated heterocycles. The predicted molar refractivity (Wildman–Crippen MR) is 258 cm³/mol. The molecule has 1 aliphatic heterocycles. The maximum absolute atomic E-state index is 13.6. The second-order valence-corrected chi connectivity index (χ2v) is 17.5. The zero-order valence-corrected chi connectivity index (χ0v) is 41.4. The molecule has 1 aliphatic rings. The standard InChI is InChI=1S/C48H63ClF3N7O11S/c1-2-38-8-9-45(69-38)59-48-39(31-53-59)42(30-44(49)55-48)54-43(35-6-4-3-5-7-35)34-71-27-26-67-23-22-65-20-21-66-24-25-68-33-37-32-58(57-56-37)11-13-62-15-17-64-19-18-63-16-14-61-12-10-46(60)70-47-40(51)28-36(50)29-41(47)52/h3-7,28-32,38,43,45H,2,8-27,33-34H2,1H3,(H,54,55). The average Bonchev–Trinajstić information content (AvgIpc) is 4.14. The van der Waals surface area contributed by atoms with Crippen molar-refractivity contribution in [1.82, 2.24) is 29.8 Å². The van der Waals surface area contributed by atoms with Crippen molar-refractivity contribution < 1.29 is 65.3 Å². The summed E-state index contributed by atoms with van der Waals surface area (Å²) in [5.74, 6) is -3.94. The van der Waals surface area contributed by atoms with Crippen molar-refractivity contribution in [3.8, 4) is 5.75 Å². The third-order valence-corrected chi connectivity index (χ3v) is 11.9. The molecule has 1 fully saturated rings. The van der Waals surface area contributed by atoms with Crippen molar-refractivity contribution in [2.45, 2.75) is 64.1 Å². The molecular weight excluding hydrogens is 975 g/mol. The fourth-order valence-electron chi connectivity index (χ4n) is 7.12. The number of rotatable bonds is 37. The van der Waals surface area contributed by atoms with Gasteiger partial charge >= 0.3 is 5.97 Å². The van der Waals surface area contributed by atoms with Crippen molar-refractivity contribution in [2.75, 3.05) is 116 Å². The number of esters is 1. The fourth-order valence-corrected chi connectivity index (χ4v) is 8.22. The number of thioether (sulfide) groups is 1. The van der Waals surface area contributed by atoms with Crippen LogP contribution in [0.15, 0.2) is 60.9 Å². The van der Waals surface area contributed by atoms with Crippen LogP contribution in [0.1, 0.15) is 56.1 Å². The van der Waals surface area contributed by atoms with Gasteiger partial charge in [0.1, 0.15) is 16.7 Å². The van der Waals surface area contributed by atoms with Gasteiger partial charge in [-0.15, -0.1) is 5.10 Å². The molecule has 0 amide bonds. The lowest BCUT2D eigenvalue weighted by molar-refractivity contribution is -0.136. The Hall–Kier alpha value is -4.46. The second kappa shape index (κ2) is 31.9. The minimum Gasteiger partial charge on any atom is -0.420 e. The van der Waals surface area contributed by atoms with E-state index in [1.807, 2.05) is 46.9 Å². The molecule has 18 nitrogen and oxygen atoms in total. The van der Waals surface area contributed by atoms with Gasteiger partial charge in [0.05, 0.1) is 154 Å². The SMILES string of the molecule is CCC1CCC(n2ncc3c(NC(CSCCOCCOCCOCCOCc4cn(CCOCCOCCOCCOCCC(=O)Oc5c(F)cc(F)cc5F)nn4)c4ccccc4)cc(Cl)nc32)O1. The highest BCUT2D eigenvalue weighted by molar-refractivity contribution is 7.99. The van der Waals surface area contributed by atoms with Crippen LogP contribution in [-0.2, 0) is 60.6 Å². The van der Waals surface area contributed by atoms with Crippen LogP contribution < -0.4 is 10.1 Å². The number of hydrogen-bond acceptors (Lipinski definition) is 17. The van der Waals surface area contributed by atoms with E-state index in [1.165, 1.54) is 5.56 Å². The van der Waals surface area contributed by atoms with Crippen LogP contribution in [0.3, 0.4) is 0 Å². The number of aromatic nitrogens is 6. The largest absolute Gasteiger partial charge is 0.420 e. The monoisotopic (exact) mass is 1040 g/mol. The quantitative estimate of drug-likeness (QED) is 0.0180. The Morgan fingerprint density at radius 3 is 2.08 bits per heavy atom. The highest BCUT2D eigenvalue weighted by atomic mass is 35.5. The van der Waals surface area contributed by atoms with E-state index in [2.05, 4.69) is 49.5 Å². The molecule has 390 valence electrons. The van der Waals surface area contributed by atoms with Crippen molar-refractivity contribution in [3.05, 3.63) is 94.8 Å². The van der Waals surface area contributed by atoms with Gasteiger partial charge in [0.2, 0.25) is 5.75 Å². The predicted octanol–water partition coefficient (Wildman–Crippen LogP) is 7.40. The van der Waals surface area contributed by atoms with Crippen LogP contribution in [0.2, 0.25) is 5.15 Å². The van der Waals surface area contributed by atoms with E-state index in [1.54, 1.807) is 10.9 Å². The maximum atomic E-state index is 13.6. The van der Waals surface area contributed by atoms with Crippen LogP contribution >= 0.6 is 23.4 Å². The molecular formula is C48H63ClF3N7O11S. The van der Waals surface area contributed by atoms with E-state index in [4.69, 9.17) is 54.2 Å². The van der Waals surface area contributed by atoms with Gasteiger partial charge in [-0.1, -0.05) is 54.1 Å². The molecule has 0 radical (unpaired) electrons. The molecule has 1 N–H and O–H groups in total. The second-order valence-electron chi connectivity index (χ2n) is 15.9. The summed E-state index contributed by atoms with van der Waals surface area (Å²) in [6.45, 7) is 8.57. The maximum Gasteiger partial charge on any atom is 0.313 e. The van der Waals surface area contributed by atoms with Crippen molar-refractivity contribution >= 4 is 46.1 Å². The van der Waals surface area contributed by atoms with Gasteiger partial charge in [-0.05, 0) is 30.9 Å². The molecule has 6 rings (SSSR count). The first-order valence-corrected chi connectivity index (χ1v) is 25.2. The van der Waals surface area contributed by atoms with Gasteiger partial charge in [-0.3, -0.25) is 4.79 Å². The van der Waals surface area contributed by atoms with Gasteiger partial charge in [-0.25, -0.2) is 27.5 Å². The minimum atomic E-state index is -1.30. The highest BCUT2D eigenvalue weighted by Gasteiger charge is 2.28. The number of pyridine rings is 1. The van der Waals surface area contributed by atoms with Gasteiger partial charge in [0.15, 0.2) is 23.5 Å². The van der Waals surface area contributed by atoms with Gasteiger partial charge in [0.25, 0.3) is 0 Å². The number of benzene rings is 2. The molecule has 3 atom stereocenters. The summed E-state index contributed by atoms with van der Waals surface area (Å²) < 4.78 is 99.0. The molecule has 5 aromatic rings. The first kappa shape index (κ1) is 55.8. The first-order chi connectivity index (χ1) is 34.8. The average molecular weight is 1040 g/mol. The highest BCUT2D eigenvalue weighted by Crippen LogP contribution is 2.35. The first-order valence-electron chi connectivity index (χ1n) is 23.7. The Balaban J connectivity index is 0.698. The molecule has 4 heterocycles. The molecule has 3 aromatic heterocycles. The van der Waals surface area contributed by atoms with E-state index >= 15 is 0 Å². The normalized spacial score (nSPS) is 15.2. The summed E-state index contributed by atoms with van der Waals surface area (Å²) in [5.41, 5.74) is 3.47. The summed E-state index contributed by atoms with van der Waals surface area (Å²) in [4.78, 5) is 16.4. The molecule has 3 unspecified atom stereocenters. The Morgan fingerprint density at radius 1 is 0.817 bits per heavy atom. The van der Waals surface area contributed by atoms with Gasteiger partial charge < -0.3 is 52.7 Å². The Labute approximate surface area is 420 Å². The number of anilines is 1. The summed E-state index contributed by atoms with van der Waals surface area (Å²) in [6, 6.07) is 13.1. The fraction of sp³-hybridized carbons (Fsp3) is 0.562. The molecule has 23 heteroatoms.